The molecule has 12 heteroatoms. The summed E-state index contributed by atoms with van der Waals surface area (Å²) < 4.78 is 22.2. The average Bonchev–Trinajstić information content (AvgIpc) is 2.77. The number of hydrogen-bond acceptors (Lipinski definition) is 8. The molecule has 0 aromatic heterocycles. The molecule has 12 nitrogen and oxygen atoms in total. The van der Waals surface area contributed by atoms with E-state index in [2.05, 4.69) is 20.4 Å². The van der Waals surface area contributed by atoms with Crippen molar-refractivity contribution in [2.45, 2.75) is 0 Å². The molecule has 2 aromatic carbocycles. The van der Waals surface area contributed by atoms with E-state index in [1.807, 2.05) is 0 Å². The zero-order valence-corrected chi connectivity index (χ0v) is 17.8. The van der Waals surface area contributed by atoms with Gasteiger partial charge in [0.15, 0.2) is 23.0 Å². The van der Waals surface area contributed by atoms with Crippen molar-refractivity contribution < 1.29 is 18.9 Å². The van der Waals surface area contributed by atoms with Gasteiger partial charge in [-0.3, -0.25) is 0 Å². The van der Waals surface area contributed by atoms with E-state index in [9.17, 15) is 0 Å². The van der Waals surface area contributed by atoms with Crippen LogP contribution >= 0.6 is 0 Å². The van der Waals surface area contributed by atoms with E-state index in [-0.39, 0.29) is 25.1 Å². The Labute approximate surface area is 185 Å². The van der Waals surface area contributed by atoms with Gasteiger partial charge >= 0.3 is 0 Å². The van der Waals surface area contributed by atoms with Gasteiger partial charge in [-0.15, -0.1) is 10.2 Å². The maximum atomic E-state index is 5.76. The molecule has 0 spiro atoms. The van der Waals surface area contributed by atoms with Crippen LogP contribution in [0.25, 0.3) is 0 Å². The Bertz CT molecular complexity index is 931. The SMILES string of the molecule is COc1cc(C=NN=C(N)N)ccc1OCCOc1ccc(C=NN=C(N)N)cc1OC. The molecule has 0 saturated heterocycles. The number of hydrogen-bond donors (Lipinski definition) is 4. The first kappa shape index (κ1) is 23.8. The van der Waals surface area contributed by atoms with E-state index in [0.29, 0.717) is 23.0 Å². The maximum absolute atomic E-state index is 5.76. The van der Waals surface area contributed by atoms with Crippen molar-refractivity contribution in [1.82, 2.24) is 0 Å². The highest BCUT2D eigenvalue weighted by Crippen LogP contribution is 2.29. The van der Waals surface area contributed by atoms with Crippen LogP contribution in [0, 0.1) is 0 Å². The van der Waals surface area contributed by atoms with Gasteiger partial charge in [0.25, 0.3) is 0 Å². The summed E-state index contributed by atoms with van der Waals surface area (Å²) in [6, 6.07) is 10.6. The van der Waals surface area contributed by atoms with Gasteiger partial charge in [-0.25, -0.2) is 0 Å². The Kier molecular flexibility index (Phi) is 9.12. The van der Waals surface area contributed by atoms with E-state index in [1.165, 1.54) is 12.4 Å². The average molecular weight is 442 g/mol. The Morgan fingerprint density at radius 3 is 1.44 bits per heavy atom. The quantitative estimate of drug-likeness (QED) is 0.166. The summed E-state index contributed by atoms with van der Waals surface area (Å²) in [5.41, 5.74) is 22.4. The van der Waals surface area contributed by atoms with Gasteiger partial charge in [0, 0.05) is 0 Å². The third-order valence-corrected chi connectivity index (χ3v) is 3.73. The van der Waals surface area contributed by atoms with Crippen molar-refractivity contribution in [1.29, 1.82) is 0 Å². The van der Waals surface area contributed by atoms with Gasteiger partial charge in [0.05, 0.1) is 26.6 Å². The second-order valence-electron chi connectivity index (χ2n) is 6.06. The van der Waals surface area contributed by atoms with Crippen LogP contribution in [0.3, 0.4) is 0 Å². The molecule has 0 aliphatic heterocycles. The molecule has 0 aliphatic carbocycles. The fourth-order valence-corrected chi connectivity index (χ4v) is 2.40. The molecule has 0 heterocycles. The van der Waals surface area contributed by atoms with E-state index >= 15 is 0 Å². The molecule has 0 amide bonds. The topological polar surface area (TPSA) is 190 Å². The lowest BCUT2D eigenvalue weighted by atomic mass is 10.2. The molecule has 0 aliphatic rings. The summed E-state index contributed by atoms with van der Waals surface area (Å²) in [4.78, 5) is 0. The molecule has 0 atom stereocenters. The van der Waals surface area contributed by atoms with Crippen molar-refractivity contribution in [2.24, 2.45) is 43.3 Å². The summed E-state index contributed by atoms with van der Waals surface area (Å²) >= 11 is 0. The van der Waals surface area contributed by atoms with Crippen LogP contribution < -0.4 is 41.9 Å². The lowest BCUT2D eigenvalue weighted by Gasteiger charge is -2.13. The van der Waals surface area contributed by atoms with Gasteiger partial charge in [-0.2, -0.15) is 10.2 Å². The van der Waals surface area contributed by atoms with Crippen molar-refractivity contribution in [3.8, 4) is 23.0 Å². The molecule has 0 fully saturated rings. The fraction of sp³-hybridized carbons (Fsp3) is 0.200. The minimum atomic E-state index is -0.126. The van der Waals surface area contributed by atoms with Crippen molar-refractivity contribution in [3.63, 3.8) is 0 Å². The Morgan fingerprint density at radius 2 is 1.09 bits per heavy atom. The predicted octanol–water partition coefficient (Wildman–Crippen LogP) is 0.376. The van der Waals surface area contributed by atoms with Crippen LogP contribution in [-0.4, -0.2) is 51.8 Å². The summed E-state index contributed by atoms with van der Waals surface area (Å²) in [5.74, 6) is 1.90. The van der Waals surface area contributed by atoms with Gasteiger partial charge in [-0.1, -0.05) is 0 Å². The van der Waals surface area contributed by atoms with Crippen LogP contribution in [0.1, 0.15) is 11.1 Å². The normalized spacial score (nSPS) is 10.7. The van der Waals surface area contributed by atoms with Crippen molar-refractivity contribution in [3.05, 3.63) is 47.5 Å². The fourth-order valence-electron chi connectivity index (χ4n) is 2.40. The van der Waals surface area contributed by atoms with Crippen LogP contribution in [-0.2, 0) is 0 Å². The van der Waals surface area contributed by atoms with Gasteiger partial charge < -0.3 is 41.9 Å². The number of guanidine groups is 2. The Balaban J connectivity index is 1.95. The second-order valence-corrected chi connectivity index (χ2v) is 6.06. The van der Waals surface area contributed by atoms with Crippen molar-refractivity contribution in [2.75, 3.05) is 27.4 Å². The lowest BCUT2D eigenvalue weighted by Crippen LogP contribution is -2.21. The van der Waals surface area contributed by atoms with Crippen molar-refractivity contribution >= 4 is 24.3 Å². The van der Waals surface area contributed by atoms with E-state index in [4.69, 9.17) is 41.9 Å². The third-order valence-electron chi connectivity index (χ3n) is 3.73. The van der Waals surface area contributed by atoms with E-state index < -0.39 is 0 Å². The Morgan fingerprint density at radius 1 is 0.688 bits per heavy atom. The first-order chi connectivity index (χ1) is 15.4. The highest BCUT2D eigenvalue weighted by atomic mass is 16.5. The molecule has 0 bridgehead atoms. The zero-order chi connectivity index (χ0) is 23.3. The first-order valence-electron chi connectivity index (χ1n) is 9.28. The summed E-state index contributed by atoms with van der Waals surface area (Å²) in [6.07, 6.45) is 2.99. The molecule has 2 rings (SSSR count). The van der Waals surface area contributed by atoms with Gasteiger partial charge in [0.1, 0.15) is 13.2 Å². The van der Waals surface area contributed by atoms with Crippen LogP contribution in [0.2, 0.25) is 0 Å². The van der Waals surface area contributed by atoms with Gasteiger partial charge in [0.2, 0.25) is 11.9 Å². The minimum absolute atomic E-state index is 0.126. The van der Waals surface area contributed by atoms with Gasteiger partial charge in [-0.05, 0) is 47.5 Å². The lowest BCUT2D eigenvalue weighted by molar-refractivity contribution is 0.206. The largest absolute Gasteiger partial charge is 0.493 e. The molecule has 32 heavy (non-hydrogen) atoms. The third kappa shape index (κ3) is 7.74. The van der Waals surface area contributed by atoms with Crippen LogP contribution in [0.5, 0.6) is 23.0 Å². The molecule has 0 radical (unpaired) electrons. The first-order valence-corrected chi connectivity index (χ1v) is 9.28. The van der Waals surface area contributed by atoms with E-state index in [1.54, 1.807) is 50.6 Å². The van der Waals surface area contributed by atoms with Crippen LogP contribution in [0.15, 0.2) is 56.8 Å². The second kappa shape index (κ2) is 12.3. The maximum Gasteiger partial charge on any atom is 0.211 e. The molecule has 170 valence electrons. The summed E-state index contributed by atoms with van der Waals surface area (Å²) in [5, 5.41) is 14.6. The molecule has 8 N–H and O–H groups in total. The number of nitrogens with zero attached hydrogens (tertiary/aromatic N) is 4. The standard InChI is InChI=1S/C20H26N8O4/c1-29-17-9-13(11-25-27-19(21)22)3-5-15(17)31-7-8-32-16-6-4-14(10-18(16)30-2)12-26-28-20(23)24/h3-6,9-12H,7-8H2,1-2H3,(H4,21,22,27)(H4,23,24,28). The van der Waals surface area contributed by atoms with Crippen LogP contribution in [0.4, 0.5) is 0 Å². The smallest absolute Gasteiger partial charge is 0.211 e. The number of methoxy groups -OCH3 is 2. The summed E-state index contributed by atoms with van der Waals surface area (Å²) in [7, 11) is 3.08. The highest BCUT2D eigenvalue weighted by Gasteiger charge is 2.08. The predicted molar refractivity (Wildman–Crippen MR) is 124 cm³/mol. The number of benzene rings is 2. The Hall–Kier alpha value is -4.48. The zero-order valence-electron chi connectivity index (χ0n) is 17.8. The molecule has 0 unspecified atom stereocenters. The molecule has 0 saturated carbocycles. The number of rotatable bonds is 11. The van der Waals surface area contributed by atoms with E-state index in [0.717, 1.165) is 11.1 Å². The minimum Gasteiger partial charge on any atom is -0.493 e. The number of nitrogens with two attached hydrogens (primary N) is 4. The molecular formula is C20H26N8O4. The molecule has 2 aromatic rings. The highest BCUT2D eigenvalue weighted by molar-refractivity contribution is 5.83. The monoisotopic (exact) mass is 442 g/mol. The molecular weight excluding hydrogens is 416 g/mol. The summed E-state index contributed by atoms with van der Waals surface area (Å²) in [6.45, 7) is 0.545. The number of ether oxygens (including phenoxy) is 4.